The number of fused-ring (bicyclic) bond motifs is 1. The quantitative estimate of drug-likeness (QED) is 0.746. The Bertz CT molecular complexity index is 909. The Hall–Kier alpha value is -2.63. The summed E-state index contributed by atoms with van der Waals surface area (Å²) in [6.45, 7) is 8.28. The lowest BCUT2D eigenvalue weighted by atomic mass is 9.87. The third kappa shape index (κ3) is 4.11. The van der Waals surface area contributed by atoms with Crippen LogP contribution in [-0.2, 0) is 11.2 Å². The summed E-state index contributed by atoms with van der Waals surface area (Å²) in [5.74, 6) is -0.368. The molecule has 28 heavy (non-hydrogen) atoms. The average molecular weight is 389 g/mol. The number of nitrogens with two attached hydrogens (primary N) is 1. The van der Waals surface area contributed by atoms with E-state index < -0.39 is 29.2 Å². The first-order valence-corrected chi connectivity index (χ1v) is 9.29. The average Bonchev–Trinajstić information content (AvgIpc) is 2.81. The predicted octanol–water partition coefficient (Wildman–Crippen LogP) is 5.39. The molecule has 2 aromatic carbocycles. The minimum Gasteiger partial charge on any atom is -0.493 e. The monoisotopic (exact) mass is 389 g/mol. The number of hydrogen-bond donors (Lipinski definition) is 1. The zero-order chi connectivity index (χ0) is 20.6. The minimum absolute atomic E-state index is 0.281. The normalized spacial score (nSPS) is 17.5. The molecule has 3 rings (SSSR count). The maximum absolute atomic E-state index is 14.9. The Labute approximate surface area is 163 Å². The van der Waals surface area contributed by atoms with Gasteiger partial charge >= 0.3 is 6.09 Å². The molecular weight excluding hydrogens is 364 g/mol. The fraction of sp³-hybridized carbons (Fsp3) is 0.409. The highest BCUT2D eigenvalue weighted by Gasteiger charge is 2.42. The van der Waals surface area contributed by atoms with Gasteiger partial charge in [-0.25, -0.2) is 13.6 Å². The van der Waals surface area contributed by atoms with Gasteiger partial charge in [0.1, 0.15) is 23.5 Å². The molecule has 4 nitrogen and oxygen atoms in total. The third-order valence-corrected chi connectivity index (χ3v) is 4.87. The molecular formula is C22H25F2NO3. The van der Waals surface area contributed by atoms with Crippen LogP contribution in [0.1, 0.15) is 44.9 Å². The van der Waals surface area contributed by atoms with Crippen molar-refractivity contribution in [3.63, 3.8) is 0 Å². The van der Waals surface area contributed by atoms with Crippen LogP contribution in [0, 0.1) is 23.0 Å². The van der Waals surface area contributed by atoms with Crippen LogP contribution in [0.5, 0.6) is 5.75 Å². The van der Waals surface area contributed by atoms with Gasteiger partial charge in [0.15, 0.2) is 0 Å². The lowest BCUT2D eigenvalue weighted by Crippen LogP contribution is -2.25. The van der Waals surface area contributed by atoms with Gasteiger partial charge in [-0.2, -0.15) is 0 Å². The van der Waals surface area contributed by atoms with E-state index >= 15 is 0 Å². The second kappa shape index (κ2) is 7.41. The van der Waals surface area contributed by atoms with Gasteiger partial charge in [0.2, 0.25) is 0 Å². The molecule has 6 heteroatoms. The SMILES string of the molecule is CC(C)COc1cc(F)cc(-c2cc3c(cc2F)[C@H](OC(N)=O)C(C)(C)C3)c1. The molecule has 1 aliphatic carbocycles. The molecule has 0 aromatic heterocycles. The summed E-state index contributed by atoms with van der Waals surface area (Å²) in [6, 6.07) is 7.25. The standard InChI is InChI=1S/C22H25F2NO3/c1-12(2)11-27-16-6-13(5-15(23)8-16)17-7-14-10-22(3,4)20(28-21(25)26)18(14)9-19(17)24/h5-9,12,20H,10-11H2,1-4H3,(H2,25,26)/t20-/m0/s1. The van der Waals surface area contributed by atoms with Crippen molar-refractivity contribution in [1.82, 2.24) is 0 Å². The van der Waals surface area contributed by atoms with Crippen molar-refractivity contribution in [2.45, 2.75) is 40.2 Å². The highest BCUT2D eigenvalue weighted by atomic mass is 19.1. The van der Waals surface area contributed by atoms with E-state index in [0.717, 1.165) is 5.56 Å². The van der Waals surface area contributed by atoms with Crippen LogP contribution in [0.3, 0.4) is 0 Å². The molecule has 0 unspecified atom stereocenters. The molecule has 0 saturated carbocycles. The Balaban J connectivity index is 2.01. The summed E-state index contributed by atoms with van der Waals surface area (Å²) in [4.78, 5) is 11.3. The summed E-state index contributed by atoms with van der Waals surface area (Å²) in [7, 11) is 0. The molecule has 1 amide bonds. The zero-order valence-corrected chi connectivity index (χ0v) is 16.5. The maximum atomic E-state index is 14.9. The van der Waals surface area contributed by atoms with Gasteiger partial charge < -0.3 is 15.2 Å². The van der Waals surface area contributed by atoms with E-state index in [-0.39, 0.29) is 11.5 Å². The Morgan fingerprint density at radius 3 is 2.57 bits per heavy atom. The van der Waals surface area contributed by atoms with Crippen molar-refractivity contribution in [2.75, 3.05) is 6.61 Å². The fourth-order valence-corrected chi connectivity index (χ4v) is 3.66. The summed E-state index contributed by atoms with van der Waals surface area (Å²) in [5, 5.41) is 0. The lowest BCUT2D eigenvalue weighted by molar-refractivity contribution is 0.0391. The largest absolute Gasteiger partial charge is 0.493 e. The van der Waals surface area contributed by atoms with Crippen molar-refractivity contribution >= 4 is 6.09 Å². The van der Waals surface area contributed by atoms with Crippen LogP contribution in [0.2, 0.25) is 0 Å². The second-order valence-corrected chi connectivity index (χ2v) is 8.39. The zero-order valence-electron chi connectivity index (χ0n) is 16.5. The lowest BCUT2D eigenvalue weighted by Gasteiger charge is -2.26. The van der Waals surface area contributed by atoms with E-state index in [1.807, 2.05) is 27.7 Å². The van der Waals surface area contributed by atoms with E-state index in [0.29, 0.717) is 29.9 Å². The molecule has 1 aliphatic rings. The van der Waals surface area contributed by atoms with Crippen molar-refractivity contribution in [3.8, 4) is 16.9 Å². The molecule has 0 heterocycles. The molecule has 0 saturated heterocycles. The highest BCUT2D eigenvalue weighted by molar-refractivity contribution is 5.69. The van der Waals surface area contributed by atoms with Crippen LogP contribution in [-0.4, -0.2) is 12.7 Å². The molecule has 150 valence electrons. The number of benzene rings is 2. The third-order valence-electron chi connectivity index (χ3n) is 4.87. The number of primary amides is 1. The van der Waals surface area contributed by atoms with Crippen LogP contribution >= 0.6 is 0 Å². The Morgan fingerprint density at radius 2 is 1.93 bits per heavy atom. The summed E-state index contributed by atoms with van der Waals surface area (Å²) in [6.07, 6.45) is -0.937. The molecule has 0 aliphatic heterocycles. The van der Waals surface area contributed by atoms with Crippen LogP contribution in [0.4, 0.5) is 13.6 Å². The first kappa shape index (κ1) is 20.1. The molecule has 0 fully saturated rings. The van der Waals surface area contributed by atoms with E-state index in [2.05, 4.69) is 0 Å². The summed E-state index contributed by atoms with van der Waals surface area (Å²) in [5.41, 5.74) is 6.88. The van der Waals surface area contributed by atoms with Gasteiger partial charge in [-0.15, -0.1) is 0 Å². The van der Waals surface area contributed by atoms with Gasteiger partial charge in [-0.1, -0.05) is 27.7 Å². The van der Waals surface area contributed by atoms with Crippen molar-refractivity contribution in [3.05, 3.63) is 53.1 Å². The van der Waals surface area contributed by atoms with Crippen LogP contribution < -0.4 is 10.5 Å². The Kier molecular flexibility index (Phi) is 5.33. The van der Waals surface area contributed by atoms with Gasteiger partial charge in [-0.3, -0.25) is 0 Å². The summed E-state index contributed by atoms with van der Waals surface area (Å²) >= 11 is 0. The van der Waals surface area contributed by atoms with E-state index in [1.54, 1.807) is 12.1 Å². The van der Waals surface area contributed by atoms with E-state index in [9.17, 15) is 13.6 Å². The number of halogens is 2. The van der Waals surface area contributed by atoms with Crippen LogP contribution in [0.15, 0.2) is 30.3 Å². The maximum Gasteiger partial charge on any atom is 0.405 e. The smallest absolute Gasteiger partial charge is 0.405 e. The number of rotatable bonds is 5. The van der Waals surface area contributed by atoms with Gasteiger partial charge in [0.25, 0.3) is 0 Å². The molecule has 1 atom stereocenters. The van der Waals surface area contributed by atoms with Crippen LogP contribution in [0.25, 0.3) is 11.1 Å². The number of ether oxygens (including phenoxy) is 2. The first-order valence-electron chi connectivity index (χ1n) is 9.29. The fourth-order valence-electron chi connectivity index (χ4n) is 3.66. The number of carbonyl (C=O) groups is 1. The van der Waals surface area contributed by atoms with Crippen molar-refractivity contribution in [1.29, 1.82) is 0 Å². The van der Waals surface area contributed by atoms with Crippen molar-refractivity contribution in [2.24, 2.45) is 17.1 Å². The predicted molar refractivity (Wildman–Crippen MR) is 103 cm³/mol. The van der Waals surface area contributed by atoms with Gasteiger partial charge in [0, 0.05) is 17.0 Å². The van der Waals surface area contributed by atoms with E-state index in [1.165, 1.54) is 18.2 Å². The summed E-state index contributed by atoms with van der Waals surface area (Å²) < 4.78 is 39.9. The number of hydrogen-bond acceptors (Lipinski definition) is 3. The first-order chi connectivity index (χ1) is 13.1. The molecule has 2 N–H and O–H groups in total. The minimum atomic E-state index is -0.896. The Morgan fingerprint density at radius 1 is 1.21 bits per heavy atom. The van der Waals surface area contributed by atoms with Crippen molar-refractivity contribution < 1.29 is 23.0 Å². The molecule has 2 aromatic rings. The number of carbonyl (C=O) groups excluding carboxylic acids is 1. The molecule has 0 spiro atoms. The molecule has 0 bridgehead atoms. The second-order valence-electron chi connectivity index (χ2n) is 8.39. The topological polar surface area (TPSA) is 61.6 Å². The van der Waals surface area contributed by atoms with E-state index in [4.69, 9.17) is 15.2 Å². The molecule has 0 radical (unpaired) electrons. The van der Waals surface area contributed by atoms with Gasteiger partial charge in [0.05, 0.1) is 6.61 Å². The van der Waals surface area contributed by atoms with Gasteiger partial charge in [-0.05, 0) is 53.3 Å². The number of amides is 1. The highest BCUT2D eigenvalue weighted by Crippen LogP contribution is 2.49.